The van der Waals surface area contributed by atoms with Gasteiger partial charge in [-0.05, 0) is 18.2 Å². The van der Waals surface area contributed by atoms with Crippen molar-refractivity contribution in [3.63, 3.8) is 0 Å². The molecule has 0 unspecified atom stereocenters. The Morgan fingerprint density at radius 3 is 2.50 bits per heavy atom. The summed E-state index contributed by atoms with van der Waals surface area (Å²) in [7, 11) is 5.11. The first-order chi connectivity index (χ1) is 10.6. The van der Waals surface area contributed by atoms with Crippen LogP contribution in [0.3, 0.4) is 0 Å². The molecule has 22 heavy (non-hydrogen) atoms. The fourth-order valence-electron chi connectivity index (χ4n) is 2.30. The minimum absolute atomic E-state index is 0.395. The Morgan fingerprint density at radius 1 is 1.14 bits per heavy atom. The van der Waals surface area contributed by atoms with Gasteiger partial charge in [-0.1, -0.05) is 29.8 Å². The summed E-state index contributed by atoms with van der Waals surface area (Å²) in [5.74, 6) is 1.41. The van der Waals surface area contributed by atoms with Gasteiger partial charge in [0.2, 0.25) is 0 Å². The van der Waals surface area contributed by atoms with Crippen molar-refractivity contribution >= 4 is 17.3 Å². The number of aliphatic hydroxyl groups is 1. The zero-order valence-electron chi connectivity index (χ0n) is 12.9. The number of ether oxygens (including phenoxy) is 2. The van der Waals surface area contributed by atoms with Crippen LogP contribution in [0.1, 0.15) is 11.7 Å². The number of hydrogen-bond donors (Lipinski definition) is 1. The van der Waals surface area contributed by atoms with E-state index in [1.54, 1.807) is 20.3 Å². The third-order valence-corrected chi connectivity index (χ3v) is 3.85. The number of aliphatic hydroxyl groups excluding tert-OH is 1. The van der Waals surface area contributed by atoms with Gasteiger partial charge in [-0.2, -0.15) is 0 Å². The average Bonchev–Trinajstić information content (AvgIpc) is 2.54. The predicted octanol–water partition coefficient (Wildman–Crippen LogP) is 3.53. The van der Waals surface area contributed by atoms with Crippen LogP contribution >= 0.6 is 11.6 Å². The van der Waals surface area contributed by atoms with E-state index in [-0.39, 0.29) is 0 Å². The van der Waals surface area contributed by atoms with E-state index in [9.17, 15) is 5.11 Å². The monoisotopic (exact) mass is 321 g/mol. The third kappa shape index (κ3) is 3.64. The number of nitrogens with zero attached hydrogens (tertiary/aromatic N) is 1. The molecule has 2 rings (SSSR count). The molecular formula is C17H20ClNO3. The van der Waals surface area contributed by atoms with E-state index in [0.29, 0.717) is 22.9 Å². The lowest BCUT2D eigenvalue weighted by molar-refractivity contribution is 0.185. The van der Waals surface area contributed by atoms with Gasteiger partial charge in [0, 0.05) is 30.2 Å². The zero-order chi connectivity index (χ0) is 16.1. The van der Waals surface area contributed by atoms with E-state index in [4.69, 9.17) is 21.1 Å². The van der Waals surface area contributed by atoms with Crippen LogP contribution in [0.15, 0.2) is 42.5 Å². The highest BCUT2D eigenvalue weighted by atomic mass is 35.5. The van der Waals surface area contributed by atoms with Crippen molar-refractivity contribution in [2.75, 3.05) is 32.7 Å². The van der Waals surface area contributed by atoms with Crippen molar-refractivity contribution in [3.05, 3.63) is 53.1 Å². The molecule has 0 saturated heterocycles. The van der Waals surface area contributed by atoms with Gasteiger partial charge in [0.15, 0.2) is 0 Å². The summed E-state index contributed by atoms with van der Waals surface area (Å²) in [4.78, 5) is 1.92. The fourth-order valence-corrected chi connectivity index (χ4v) is 2.56. The normalized spacial score (nSPS) is 11.9. The highest BCUT2D eigenvalue weighted by molar-refractivity contribution is 6.31. The maximum atomic E-state index is 10.4. The second-order valence-electron chi connectivity index (χ2n) is 4.96. The summed E-state index contributed by atoms with van der Waals surface area (Å²) < 4.78 is 10.6. The first-order valence-corrected chi connectivity index (χ1v) is 7.30. The number of anilines is 1. The summed E-state index contributed by atoms with van der Waals surface area (Å²) in [6, 6.07) is 12.9. The van der Waals surface area contributed by atoms with Gasteiger partial charge in [0.25, 0.3) is 0 Å². The van der Waals surface area contributed by atoms with Crippen LogP contribution in [0.25, 0.3) is 0 Å². The minimum Gasteiger partial charge on any atom is -0.497 e. The van der Waals surface area contributed by atoms with Crippen LogP contribution in [0, 0.1) is 0 Å². The molecule has 0 bridgehead atoms. The average molecular weight is 322 g/mol. The fraction of sp³-hybridized carbons (Fsp3) is 0.294. The van der Waals surface area contributed by atoms with E-state index < -0.39 is 6.10 Å². The van der Waals surface area contributed by atoms with Gasteiger partial charge < -0.3 is 19.5 Å². The van der Waals surface area contributed by atoms with Crippen molar-refractivity contribution in [3.8, 4) is 11.5 Å². The van der Waals surface area contributed by atoms with E-state index in [0.717, 1.165) is 11.4 Å². The zero-order valence-corrected chi connectivity index (χ0v) is 13.7. The Balaban J connectivity index is 2.18. The van der Waals surface area contributed by atoms with Crippen molar-refractivity contribution in [2.45, 2.75) is 6.10 Å². The molecule has 118 valence electrons. The number of methoxy groups -OCH3 is 2. The van der Waals surface area contributed by atoms with Crippen LogP contribution in [-0.2, 0) is 0 Å². The summed E-state index contributed by atoms with van der Waals surface area (Å²) in [6.07, 6.45) is -0.689. The van der Waals surface area contributed by atoms with Gasteiger partial charge in [0.05, 0.1) is 26.0 Å². The molecule has 0 saturated carbocycles. The molecule has 2 aromatic rings. The standard InChI is InChI=1S/C17H20ClNO3/c1-19(11-16(20)13-6-4-5-7-14(13)18)15-9-8-12(21-2)10-17(15)22-3/h4-10,16,20H,11H2,1-3H3/t16-/m0/s1. The van der Waals surface area contributed by atoms with Crippen LogP contribution in [0.4, 0.5) is 5.69 Å². The smallest absolute Gasteiger partial charge is 0.145 e. The number of halogens is 1. The van der Waals surface area contributed by atoms with Crippen molar-refractivity contribution in [1.29, 1.82) is 0 Å². The molecule has 1 N–H and O–H groups in total. The maximum absolute atomic E-state index is 10.4. The molecule has 4 nitrogen and oxygen atoms in total. The third-order valence-electron chi connectivity index (χ3n) is 3.51. The molecule has 0 spiro atoms. The van der Waals surface area contributed by atoms with Gasteiger partial charge in [-0.15, -0.1) is 0 Å². The molecule has 0 aliphatic heterocycles. The van der Waals surface area contributed by atoms with Gasteiger partial charge in [-0.25, -0.2) is 0 Å². The second-order valence-corrected chi connectivity index (χ2v) is 5.36. The van der Waals surface area contributed by atoms with E-state index in [1.165, 1.54) is 0 Å². The van der Waals surface area contributed by atoms with Gasteiger partial charge in [0.1, 0.15) is 11.5 Å². The summed E-state index contributed by atoms with van der Waals surface area (Å²) in [5.41, 5.74) is 1.58. The maximum Gasteiger partial charge on any atom is 0.145 e. The molecular weight excluding hydrogens is 302 g/mol. The Bertz CT molecular complexity index is 633. The summed E-state index contributed by atoms with van der Waals surface area (Å²) in [6.45, 7) is 0.395. The minimum atomic E-state index is -0.689. The highest BCUT2D eigenvalue weighted by Crippen LogP contribution is 2.33. The Kier molecular flexibility index (Phi) is 5.52. The molecule has 1 atom stereocenters. The molecule has 0 aliphatic rings. The largest absolute Gasteiger partial charge is 0.497 e. The molecule has 0 radical (unpaired) electrons. The molecule has 0 heterocycles. The molecule has 0 aliphatic carbocycles. The molecule has 0 amide bonds. The lowest BCUT2D eigenvalue weighted by Gasteiger charge is -2.25. The quantitative estimate of drug-likeness (QED) is 0.884. The number of benzene rings is 2. The number of rotatable bonds is 6. The van der Waals surface area contributed by atoms with E-state index in [2.05, 4.69) is 0 Å². The highest BCUT2D eigenvalue weighted by Gasteiger charge is 2.16. The molecule has 2 aromatic carbocycles. The summed E-state index contributed by atoms with van der Waals surface area (Å²) in [5, 5.41) is 11.0. The molecule has 5 heteroatoms. The Hall–Kier alpha value is -1.91. The van der Waals surface area contributed by atoms with Crippen molar-refractivity contribution in [2.24, 2.45) is 0 Å². The first-order valence-electron chi connectivity index (χ1n) is 6.92. The van der Waals surface area contributed by atoms with E-state index in [1.807, 2.05) is 48.3 Å². The van der Waals surface area contributed by atoms with Gasteiger partial charge >= 0.3 is 0 Å². The summed E-state index contributed by atoms with van der Waals surface area (Å²) >= 11 is 6.13. The van der Waals surface area contributed by atoms with Crippen LogP contribution in [-0.4, -0.2) is 32.9 Å². The van der Waals surface area contributed by atoms with Crippen LogP contribution in [0.5, 0.6) is 11.5 Å². The lowest BCUT2D eigenvalue weighted by atomic mass is 10.1. The first kappa shape index (κ1) is 16.5. The van der Waals surface area contributed by atoms with Crippen LogP contribution < -0.4 is 14.4 Å². The Labute approximate surface area is 135 Å². The molecule has 0 fully saturated rings. The molecule has 0 aromatic heterocycles. The van der Waals surface area contributed by atoms with Crippen LogP contribution in [0.2, 0.25) is 5.02 Å². The predicted molar refractivity (Wildman–Crippen MR) is 89.2 cm³/mol. The Morgan fingerprint density at radius 2 is 1.86 bits per heavy atom. The number of likely N-dealkylation sites (N-methyl/N-ethyl adjacent to an activating group) is 1. The van der Waals surface area contributed by atoms with E-state index >= 15 is 0 Å². The van der Waals surface area contributed by atoms with Crippen molar-refractivity contribution < 1.29 is 14.6 Å². The topological polar surface area (TPSA) is 41.9 Å². The van der Waals surface area contributed by atoms with Gasteiger partial charge in [-0.3, -0.25) is 0 Å². The number of hydrogen-bond acceptors (Lipinski definition) is 4. The second kappa shape index (κ2) is 7.38. The SMILES string of the molecule is COc1ccc(N(C)C[C@H](O)c2ccccc2Cl)c(OC)c1. The lowest BCUT2D eigenvalue weighted by Crippen LogP contribution is -2.24. The van der Waals surface area contributed by atoms with Crippen molar-refractivity contribution in [1.82, 2.24) is 0 Å².